The first kappa shape index (κ1) is 16.0. The third-order valence-corrected chi connectivity index (χ3v) is 4.13. The zero-order valence-electron chi connectivity index (χ0n) is 13.5. The van der Waals surface area contributed by atoms with Gasteiger partial charge in [0.25, 0.3) is 0 Å². The number of rotatable bonds is 4. The number of carbonyl (C=O) groups excluding carboxylic acids is 1. The molecule has 0 saturated carbocycles. The van der Waals surface area contributed by atoms with Gasteiger partial charge >= 0.3 is 0 Å². The second-order valence-corrected chi connectivity index (χ2v) is 5.87. The molecule has 0 bridgehead atoms. The molecule has 2 heteroatoms. The van der Waals surface area contributed by atoms with Gasteiger partial charge in [-0.2, -0.15) is 0 Å². The van der Waals surface area contributed by atoms with Crippen LogP contribution in [-0.2, 0) is 4.79 Å². The number of aliphatic hydroxyl groups is 1. The SMILES string of the molecule is O=C(/C=C/c1ccccc1)C1=C(O)/C(=C/c2ccccc2)CCC1. The largest absolute Gasteiger partial charge is 0.507 e. The molecule has 120 valence electrons. The highest BCUT2D eigenvalue weighted by molar-refractivity contribution is 6.07. The van der Waals surface area contributed by atoms with Crippen LogP contribution in [0.2, 0.25) is 0 Å². The molecule has 0 fully saturated rings. The molecule has 3 rings (SSSR count). The summed E-state index contributed by atoms with van der Waals surface area (Å²) in [7, 11) is 0. The Morgan fingerprint density at radius 1 is 0.875 bits per heavy atom. The highest BCUT2D eigenvalue weighted by Gasteiger charge is 2.20. The van der Waals surface area contributed by atoms with Gasteiger partial charge in [-0.3, -0.25) is 4.79 Å². The van der Waals surface area contributed by atoms with Crippen LogP contribution in [0.4, 0.5) is 0 Å². The minimum absolute atomic E-state index is 0.116. The van der Waals surface area contributed by atoms with Crippen molar-refractivity contribution in [2.75, 3.05) is 0 Å². The molecule has 0 atom stereocenters. The van der Waals surface area contributed by atoms with Crippen molar-refractivity contribution in [2.45, 2.75) is 19.3 Å². The lowest BCUT2D eigenvalue weighted by Gasteiger charge is -2.17. The number of ketones is 1. The topological polar surface area (TPSA) is 37.3 Å². The van der Waals surface area contributed by atoms with Gasteiger partial charge in [-0.1, -0.05) is 66.7 Å². The van der Waals surface area contributed by atoms with Crippen LogP contribution in [0.3, 0.4) is 0 Å². The van der Waals surface area contributed by atoms with Gasteiger partial charge in [0.2, 0.25) is 0 Å². The summed E-state index contributed by atoms with van der Waals surface area (Å²) in [6.07, 6.45) is 7.59. The number of aliphatic hydroxyl groups excluding tert-OH is 1. The smallest absolute Gasteiger partial charge is 0.185 e. The average molecular weight is 316 g/mol. The summed E-state index contributed by atoms with van der Waals surface area (Å²) >= 11 is 0. The van der Waals surface area contributed by atoms with Gasteiger partial charge in [0.1, 0.15) is 5.76 Å². The van der Waals surface area contributed by atoms with E-state index in [1.165, 1.54) is 0 Å². The summed E-state index contributed by atoms with van der Waals surface area (Å²) in [5.41, 5.74) is 3.36. The molecule has 1 N–H and O–H groups in total. The Morgan fingerprint density at radius 2 is 1.50 bits per heavy atom. The molecule has 24 heavy (non-hydrogen) atoms. The van der Waals surface area contributed by atoms with Gasteiger partial charge in [-0.15, -0.1) is 0 Å². The summed E-state index contributed by atoms with van der Waals surface area (Å²) in [5, 5.41) is 10.5. The van der Waals surface area contributed by atoms with E-state index >= 15 is 0 Å². The Hall–Kier alpha value is -2.87. The second-order valence-electron chi connectivity index (χ2n) is 5.87. The number of hydrogen-bond donors (Lipinski definition) is 1. The lowest BCUT2D eigenvalue weighted by atomic mass is 9.89. The predicted octanol–water partition coefficient (Wildman–Crippen LogP) is 5.35. The number of carbonyl (C=O) groups is 1. The molecule has 0 radical (unpaired) electrons. The Labute approximate surface area is 142 Å². The van der Waals surface area contributed by atoms with E-state index in [1.54, 1.807) is 12.2 Å². The normalized spacial score (nSPS) is 16.8. The Balaban J connectivity index is 1.83. The first-order valence-corrected chi connectivity index (χ1v) is 8.19. The molecule has 0 aromatic heterocycles. The van der Waals surface area contributed by atoms with Crippen molar-refractivity contribution in [3.63, 3.8) is 0 Å². The minimum atomic E-state index is -0.116. The van der Waals surface area contributed by atoms with Crippen LogP contribution in [0.1, 0.15) is 30.4 Å². The lowest BCUT2D eigenvalue weighted by molar-refractivity contribution is -0.111. The van der Waals surface area contributed by atoms with E-state index in [4.69, 9.17) is 0 Å². The van der Waals surface area contributed by atoms with Gasteiger partial charge in [0, 0.05) is 5.57 Å². The molecule has 0 saturated heterocycles. The second kappa shape index (κ2) is 7.60. The van der Waals surface area contributed by atoms with Crippen LogP contribution in [-0.4, -0.2) is 10.9 Å². The number of benzene rings is 2. The van der Waals surface area contributed by atoms with Crippen molar-refractivity contribution >= 4 is 17.9 Å². The summed E-state index contributed by atoms with van der Waals surface area (Å²) in [5.74, 6) is 0.0304. The summed E-state index contributed by atoms with van der Waals surface area (Å²) in [6, 6.07) is 19.6. The van der Waals surface area contributed by atoms with E-state index in [0.717, 1.165) is 29.5 Å². The van der Waals surface area contributed by atoms with Crippen molar-refractivity contribution in [3.05, 3.63) is 94.8 Å². The standard InChI is InChI=1S/C22H20O2/c23-21(15-14-17-8-3-1-4-9-17)20-13-7-12-19(22(20)24)16-18-10-5-2-6-11-18/h1-6,8-11,14-16,24H,7,12-13H2/b15-14+,19-16+. The van der Waals surface area contributed by atoms with Gasteiger partial charge in [-0.25, -0.2) is 0 Å². The van der Waals surface area contributed by atoms with Gasteiger partial charge in [0.15, 0.2) is 5.78 Å². The maximum atomic E-state index is 12.4. The van der Waals surface area contributed by atoms with E-state index in [1.807, 2.05) is 66.7 Å². The Morgan fingerprint density at radius 3 is 2.17 bits per heavy atom. The third-order valence-electron chi connectivity index (χ3n) is 4.13. The summed E-state index contributed by atoms with van der Waals surface area (Å²) in [4.78, 5) is 12.4. The fourth-order valence-corrected chi connectivity index (χ4v) is 2.85. The Bertz CT molecular complexity index is 796. The van der Waals surface area contributed by atoms with Crippen LogP contribution in [0.25, 0.3) is 12.2 Å². The van der Waals surface area contributed by atoms with E-state index in [9.17, 15) is 9.90 Å². The molecule has 1 aliphatic carbocycles. The molecule has 2 nitrogen and oxygen atoms in total. The first-order chi connectivity index (χ1) is 11.7. The molecule has 2 aromatic rings. The van der Waals surface area contributed by atoms with Crippen molar-refractivity contribution in [2.24, 2.45) is 0 Å². The fraction of sp³-hybridized carbons (Fsp3) is 0.136. The molecule has 0 amide bonds. The lowest BCUT2D eigenvalue weighted by Crippen LogP contribution is -2.10. The quantitative estimate of drug-likeness (QED) is 0.772. The fourth-order valence-electron chi connectivity index (χ4n) is 2.85. The zero-order chi connectivity index (χ0) is 16.8. The van der Waals surface area contributed by atoms with Crippen molar-refractivity contribution in [3.8, 4) is 0 Å². The molecule has 0 heterocycles. The van der Waals surface area contributed by atoms with Crippen LogP contribution >= 0.6 is 0 Å². The van der Waals surface area contributed by atoms with Crippen LogP contribution in [0.15, 0.2) is 83.6 Å². The molecular weight excluding hydrogens is 296 g/mol. The van der Waals surface area contributed by atoms with Crippen molar-refractivity contribution in [1.82, 2.24) is 0 Å². The molecule has 0 unspecified atom stereocenters. The molecular formula is C22H20O2. The highest BCUT2D eigenvalue weighted by atomic mass is 16.3. The molecule has 0 aliphatic heterocycles. The number of allylic oxidation sites excluding steroid dienone is 3. The Kier molecular flexibility index (Phi) is 5.07. The highest BCUT2D eigenvalue weighted by Crippen LogP contribution is 2.30. The van der Waals surface area contributed by atoms with Gasteiger partial charge in [0.05, 0.1) is 0 Å². The zero-order valence-corrected chi connectivity index (χ0v) is 13.5. The summed E-state index contributed by atoms with van der Waals surface area (Å²) in [6.45, 7) is 0. The maximum Gasteiger partial charge on any atom is 0.185 e. The van der Waals surface area contributed by atoms with Crippen LogP contribution < -0.4 is 0 Å². The van der Waals surface area contributed by atoms with E-state index in [0.29, 0.717) is 12.0 Å². The van der Waals surface area contributed by atoms with E-state index in [-0.39, 0.29) is 11.5 Å². The number of hydrogen-bond acceptors (Lipinski definition) is 2. The van der Waals surface area contributed by atoms with Crippen molar-refractivity contribution in [1.29, 1.82) is 0 Å². The monoisotopic (exact) mass is 316 g/mol. The minimum Gasteiger partial charge on any atom is -0.507 e. The van der Waals surface area contributed by atoms with E-state index in [2.05, 4.69) is 0 Å². The third kappa shape index (κ3) is 3.90. The first-order valence-electron chi connectivity index (χ1n) is 8.19. The van der Waals surface area contributed by atoms with Crippen molar-refractivity contribution < 1.29 is 9.90 Å². The predicted molar refractivity (Wildman–Crippen MR) is 98.4 cm³/mol. The van der Waals surface area contributed by atoms with Gasteiger partial charge in [-0.05, 0) is 48.1 Å². The summed E-state index contributed by atoms with van der Waals surface area (Å²) < 4.78 is 0. The van der Waals surface area contributed by atoms with Gasteiger partial charge < -0.3 is 5.11 Å². The molecule has 2 aromatic carbocycles. The maximum absolute atomic E-state index is 12.4. The molecule has 0 spiro atoms. The molecule has 1 aliphatic rings. The van der Waals surface area contributed by atoms with E-state index < -0.39 is 0 Å². The van der Waals surface area contributed by atoms with Crippen LogP contribution in [0, 0.1) is 0 Å². The van der Waals surface area contributed by atoms with Crippen LogP contribution in [0.5, 0.6) is 0 Å². The average Bonchev–Trinajstić information content (AvgIpc) is 2.63.